The molecule has 0 bridgehead atoms. The van der Waals surface area contributed by atoms with Gasteiger partial charge in [-0.2, -0.15) is 0 Å². The number of thiocarbonyl (C=S) groups is 1. The lowest BCUT2D eigenvalue weighted by atomic mass is 10.1. The predicted octanol–water partition coefficient (Wildman–Crippen LogP) is 3.44. The minimum atomic E-state index is 0.299. The normalized spacial score (nSPS) is 10.7. The summed E-state index contributed by atoms with van der Waals surface area (Å²) in [4.78, 5) is 7.17. The van der Waals surface area contributed by atoms with Crippen LogP contribution in [-0.2, 0) is 6.54 Å². The van der Waals surface area contributed by atoms with Crippen molar-refractivity contribution in [3.05, 3.63) is 59.3 Å². The molecule has 21 heavy (non-hydrogen) atoms. The molecule has 0 fully saturated rings. The van der Waals surface area contributed by atoms with Gasteiger partial charge in [0.25, 0.3) is 0 Å². The molecule has 0 aliphatic heterocycles. The van der Waals surface area contributed by atoms with Gasteiger partial charge in [-0.1, -0.05) is 42.5 Å². The maximum absolute atomic E-state index is 5.91. The van der Waals surface area contributed by atoms with Gasteiger partial charge in [-0.3, -0.25) is 0 Å². The number of nitrogens with zero attached hydrogens (tertiary/aromatic N) is 2. The second-order valence-electron chi connectivity index (χ2n) is 5.40. The van der Waals surface area contributed by atoms with Crippen molar-refractivity contribution in [3.8, 4) is 0 Å². The van der Waals surface area contributed by atoms with Crippen LogP contribution in [0.25, 0.3) is 0 Å². The van der Waals surface area contributed by atoms with Gasteiger partial charge in [0.15, 0.2) is 0 Å². The first-order valence-electron chi connectivity index (χ1n) is 7.06. The molecule has 2 rings (SSSR count). The van der Waals surface area contributed by atoms with Crippen molar-refractivity contribution >= 4 is 23.0 Å². The Kier molecular flexibility index (Phi) is 4.91. The fourth-order valence-corrected chi connectivity index (χ4v) is 2.60. The van der Waals surface area contributed by atoms with E-state index in [1.165, 1.54) is 5.56 Å². The molecule has 0 atom stereocenters. The molecule has 1 aromatic heterocycles. The Morgan fingerprint density at radius 1 is 1.24 bits per heavy atom. The molecule has 1 aromatic carbocycles. The summed E-state index contributed by atoms with van der Waals surface area (Å²) in [5.74, 6) is 0.862. The summed E-state index contributed by atoms with van der Waals surface area (Å²) in [6.45, 7) is 7.10. The topological polar surface area (TPSA) is 42.2 Å². The lowest BCUT2D eigenvalue weighted by Gasteiger charge is -2.30. The largest absolute Gasteiger partial charge is 0.389 e. The molecular weight excluding hydrogens is 278 g/mol. The Labute approximate surface area is 131 Å². The zero-order valence-corrected chi connectivity index (χ0v) is 13.5. The molecule has 4 heteroatoms. The number of benzene rings is 1. The highest BCUT2D eigenvalue weighted by Gasteiger charge is 2.19. The minimum Gasteiger partial charge on any atom is -0.389 e. The van der Waals surface area contributed by atoms with Crippen LogP contribution in [0.15, 0.2) is 42.6 Å². The van der Waals surface area contributed by atoms with Crippen molar-refractivity contribution in [2.75, 3.05) is 4.90 Å². The summed E-state index contributed by atoms with van der Waals surface area (Å²) >= 11 is 5.22. The number of hydrogen-bond donors (Lipinski definition) is 1. The standard InChI is InChI=1S/C17H21N3S/c1-12(2)20(11-14-7-5-4-6-8-14)17-15(16(18)21)13(3)9-10-19-17/h4-10,12H,11H2,1-3H3,(H2,18,21). The number of aromatic nitrogens is 1. The van der Waals surface area contributed by atoms with E-state index in [1.54, 1.807) is 0 Å². The van der Waals surface area contributed by atoms with Gasteiger partial charge in [0.05, 0.1) is 5.56 Å². The fraction of sp³-hybridized carbons (Fsp3) is 0.294. The number of pyridine rings is 1. The number of hydrogen-bond acceptors (Lipinski definition) is 3. The molecule has 110 valence electrons. The van der Waals surface area contributed by atoms with Gasteiger partial charge in [0.1, 0.15) is 10.8 Å². The molecule has 0 unspecified atom stereocenters. The van der Waals surface area contributed by atoms with Crippen LogP contribution in [0.4, 0.5) is 5.82 Å². The molecule has 0 saturated heterocycles. The third-order valence-corrected chi connectivity index (χ3v) is 3.68. The molecule has 0 aliphatic carbocycles. The summed E-state index contributed by atoms with van der Waals surface area (Å²) < 4.78 is 0. The Morgan fingerprint density at radius 2 is 1.90 bits per heavy atom. The zero-order chi connectivity index (χ0) is 15.4. The molecule has 0 spiro atoms. The minimum absolute atomic E-state index is 0.299. The predicted molar refractivity (Wildman–Crippen MR) is 92.6 cm³/mol. The average molecular weight is 299 g/mol. The maximum Gasteiger partial charge on any atom is 0.139 e. The number of anilines is 1. The lowest BCUT2D eigenvalue weighted by Crippen LogP contribution is -2.33. The first kappa shape index (κ1) is 15.4. The Balaban J connectivity index is 2.44. The summed E-state index contributed by atoms with van der Waals surface area (Å²) in [6, 6.07) is 12.6. The van der Waals surface area contributed by atoms with Crippen molar-refractivity contribution in [2.45, 2.75) is 33.4 Å². The highest BCUT2D eigenvalue weighted by Crippen LogP contribution is 2.24. The zero-order valence-electron chi connectivity index (χ0n) is 12.7. The summed E-state index contributed by atoms with van der Waals surface area (Å²) in [7, 11) is 0. The van der Waals surface area contributed by atoms with Crippen LogP contribution in [0.2, 0.25) is 0 Å². The second-order valence-corrected chi connectivity index (χ2v) is 5.84. The third kappa shape index (κ3) is 3.58. The number of rotatable bonds is 5. The molecule has 2 N–H and O–H groups in total. The van der Waals surface area contributed by atoms with E-state index in [9.17, 15) is 0 Å². The molecular formula is C17H21N3S. The van der Waals surface area contributed by atoms with Gasteiger partial charge in [0, 0.05) is 18.8 Å². The first-order chi connectivity index (χ1) is 10.0. The molecule has 1 heterocycles. The van der Waals surface area contributed by atoms with E-state index in [-0.39, 0.29) is 0 Å². The average Bonchev–Trinajstić information content (AvgIpc) is 2.45. The van der Waals surface area contributed by atoms with Crippen molar-refractivity contribution in [3.63, 3.8) is 0 Å². The van der Waals surface area contributed by atoms with Crippen LogP contribution in [0.3, 0.4) is 0 Å². The second kappa shape index (κ2) is 6.68. The van der Waals surface area contributed by atoms with Crippen LogP contribution >= 0.6 is 12.2 Å². The molecule has 0 aliphatic rings. The van der Waals surface area contributed by atoms with Crippen molar-refractivity contribution < 1.29 is 0 Å². The van der Waals surface area contributed by atoms with Crippen molar-refractivity contribution in [1.29, 1.82) is 0 Å². The van der Waals surface area contributed by atoms with Crippen LogP contribution < -0.4 is 10.6 Å². The van der Waals surface area contributed by atoms with E-state index in [0.29, 0.717) is 11.0 Å². The molecule has 0 saturated carbocycles. The van der Waals surface area contributed by atoms with E-state index in [1.807, 2.05) is 37.4 Å². The van der Waals surface area contributed by atoms with Crippen LogP contribution in [0.5, 0.6) is 0 Å². The van der Waals surface area contributed by atoms with Crippen molar-refractivity contribution in [1.82, 2.24) is 4.98 Å². The maximum atomic E-state index is 5.91. The Bertz CT molecular complexity index is 623. The van der Waals surface area contributed by atoms with Gasteiger partial charge in [-0.15, -0.1) is 0 Å². The molecule has 3 nitrogen and oxygen atoms in total. The lowest BCUT2D eigenvalue weighted by molar-refractivity contribution is 0.671. The molecule has 0 radical (unpaired) electrons. The third-order valence-electron chi connectivity index (χ3n) is 3.48. The molecule has 2 aromatic rings. The fourth-order valence-electron chi connectivity index (χ4n) is 2.35. The SMILES string of the molecule is Cc1ccnc(N(Cc2ccccc2)C(C)C)c1C(N)=S. The van der Waals surface area contributed by atoms with E-state index < -0.39 is 0 Å². The first-order valence-corrected chi connectivity index (χ1v) is 7.47. The van der Waals surface area contributed by atoms with Gasteiger partial charge in [0.2, 0.25) is 0 Å². The van der Waals surface area contributed by atoms with Gasteiger partial charge < -0.3 is 10.6 Å². The summed E-state index contributed by atoms with van der Waals surface area (Å²) in [6.07, 6.45) is 1.81. The monoisotopic (exact) mass is 299 g/mol. The number of aryl methyl sites for hydroxylation is 1. The van der Waals surface area contributed by atoms with Crippen LogP contribution in [0.1, 0.15) is 30.5 Å². The number of nitrogens with two attached hydrogens (primary N) is 1. The van der Waals surface area contributed by atoms with E-state index in [2.05, 4.69) is 35.9 Å². The van der Waals surface area contributed by atoms with E-state index in [0.717, 1.165) is 23.5 Å². The highest BCUT2D eigenvalue weighted by atomic mass is 32.1. The van der Waals surface area contributed by atoms with E-state index in [4.69, 9.17) is 18.0 Å². The Hall–Kier alpha value is -1.94. The summed E-state index contributed by atoms with van der Waals surface area (Å²) in [5.41, 5.74) is 9.08. The van der Waals surface area contributed by atoms with Crippen LogP contribution in [-0.4, -0.2) is 16.0 Å². The quantitative estimate of drug-likeness (QED) is 0.859. The van der Waals surface area contributed by atoms with Gasteiger partial charge >= 0.3 is 0 Å². The van der Waals surface area contributed by atoms with Gasteiger partial charge in [-0.05, 0) is 38.0 Å². The Morgan fingerprint density at radius 3 is 2.48 bits per heavy atom. The van der Waals surface area contributed by atoms with Gasteiger partial charge in [-0.25, -0.2) is 4.98 Å². The highest BCUT2D eigenvalue weighted by molar-refractivity contribution is 7.80. The van der Waals surface area contributed by atoms with Crippen molar-refractivity contribution in [2.24, 2.45) is 5.73 Å². The van der Waals surface area contributed by atoms with Crippen LogP contribution in [0, 0.1) is 6.92 Å². The van der Waals surface area contributed by atoms with E-state index >= 15 is 0 Å². The molecule has 0 amide bonds. The summed E-state index contributed by atoms with van der Waals surface area (Å²) in [5, 5.41) is 0. The smallest absolute Gasteiger partial charge is 0.139 e.